The highest BCUT2D eigenvalue weighted by atomic mass is 14.2. The first-order chi connectivity index (χ1) is 5.92. The minimum atomic E-state index is 0.686. The van der Waals surface area contributed by atoms with Crippen LogP contribution in [0.15, 0.2) is 36.4 Å². The predicted octanol–water partition coefficient (Wildman–Crippen LogP) is 3.29. The van der Waals surface area contributed by atoms with Gasteiger partial charge < -0.3 is 0 Å². The summed E-state index contributed by atoms with van der Waals surface area (Å²) in [6.45, 7) is 2.10. The van der Waals surface area contributed by atoms with Crippen LogP contribution in [0.5, 0.6) is 0 Å². The highest BCUT2D eigenvalue weighted by molar-refractivity contribution is 5.37. The Kier molecular flexibility index (Phi) is 1.99. The van der Waals surface area contributed by atoms with E-state index in [1.165, 1.54) is 18.4 Å². The summed E-state index contributed by atoms with van der Waals surface area (Å²) in [5.74, 6) is 0.686. The molecule has 0 aromatic heterocycles. The number of rotatable bonds is 1. The first-order valence-electron chi connectivity index (χ1n) is 4.62. The van der Waals surface area contributed by atoms with Crippen LogP contribution in [0.25, 0.3) is 0 Å². The van der Waals surface area contributed by atoms with Crippen molar-refractivity contribution in [3.8, 4) is 0 Å². The zero-order chi connectivity index (χ0) is 8.39. The Morgan fingerprint density at radius 2 is 2.17 bits per heavy atom. The van der Waals surface area contributed by atoms with E-state index in [0.29, 0.717) is 5.92 Å². The number of fused-ring (bicyclic) bond motifs is 1. The van der Waals surface area contributed by atoms with Crippen molar-refractivity contribution in [3.05, 3.63) is 47.5 Å². The SMILES string of the molecule is C/C=C\C1CCc2ccccc21. The van der Waals surface area contributed by atoms with Crippen molar-refractivity contribution in [2.45, 2.75) is 25.7 Å². The topological polar surface area (TPSA) is 0 Å². The third-order valence-electron chi connectivity index (χ3n) is 2.60. The molecule has 1 aromatic carbocycles. The average Bonchev–Trinajstić information content (AvgIpc) is 2.50. The number of aryl methyl sites for hydroxylation is 1. The standard InChI is InChI=1S/C12H14/c1-2-5-10-8-9-11-6-3-4-7-12(10)11/h2-7,10H,8-9H2,1H3/b5-2-. The van der Waals surface area contributed by atoms with E-state index >= 15 is 0 Å². The van der Waals surface area contributed by atoms with Crippen molar-refractivity contribution in [1.29, 1.82) is 0 Å². The number of hydrogen-bond acceptors (Lipinski definition) is 0. The first kappa shape index (κ1) is 7.60. The molecular formula is C12H14. The van der Waals surface area contributed by atoms with E-state index in [1.54, 1.807) is 5.56 Å². The smallest absolute Gasteiger partial charge is 0.00237 e. The maximum absolute atomic E-state index is 2.31. The summed E-state index contributed by atoms with van der Waals surface area (Å²) in [5, 5.41) is 0. The summed E-state index contributed by atoms with van der Waals surface area (Å²) in [6, 6.07) is 8.78. The van der Waals surface area contributed by atoms with Gasteiger partial charge in [-0.05, 0) is 30.9 Å². The number of allylic oxidation sites excluding steroid dienone is 2. The molecule has 0 heteroatoms. The second-order valence-corrected chi connectivity index (χ2v) is 3.37. The molecule has 0 aliphatic heterocycles. The predicted molar refractivity (Wildman–Crippen MR) is 52.3 cm³/mol. The summed E-state index contributed by atoms with van der Waals surface area (Å²) in [4.78, 5) is 0. The fourth-order valence-electron chi connectivity index (χ4n) is 2.02. The highest BCUT2D eigenvalue weighted by Crippen LogP contribution is 2.33. The zero-order valence-corrected chi connectivity index (χ0v) is 7.46. The van der Waals surface area contributed by atoms with Gasteiger partial charge in [-0.15, -0.1) is 0 Å². The molecule has 0 amide bonds. The van der Waals surface area contributed by atoms with Crippen LogP contribution in [-0.4, -0.2) is 0 Å². The van der Waals surface area contributed by atoms with Gasteiger partial charge in [-0.25, -0.2) is 0 Å². The monoisotopic (exact) mass is 158 g/mol. The maximum atomic E-state index is 2.31. The molecule has 1 atom stereocenters. The van der Waals surface area contributed by atoms with Crippen LogP contribution in [0.4, 0.5) is 0 Å². The van der Waals surface area contributed by atoms with E-state index in [-0.39, 0.29) is 0 Å². The second-order valence-electron chi connectivity index (χ2n) is 3.37. The maximum Gasteiger partial charge on any atom is 0.00237 e. The molecule has 1 aromatic rings. The van der Waals surface area contributed by atoms with Crippen molar-refractivity contribution in [1.82, 2.24) is 0 Å². The molecule has 0 nitrogen and oxygen atoms in total. The van der Waals surface area contributed by atoms with Gasteiger partial charge in [0.25, 0.3) is 0 Å². The molecule has 0 heterocycles. The van der Waals surface area contributed by atoms with Crippen LogP contribution >= 0.6 is 0 Å². The lowest BCUT2D eigenvalue weighted by Gasteiger charge is -2.03. The van der Waals surface area contributed by atoms with E-state index in [2.05, 4.69) is 43.3 Å². The van der Waals surface area contributed by atoms with Gasteiger partial charge in [-0.2, -0.15) is 0 Å². The second kappa shape index (κ2) is 3.14. The van der Waals surface area contributed by atoms with Gasteiger partial charge in [0.1, 0.15) is 0 Å². The molecular weight excluding hydrogens is 144 g/mol. The van der Waals surface area contributed by atoms with Gasteiger partial charge >= 0.3 is 0 Å². The van der Waals surface area contributed by atoms with Crippen LogP contribution in [0, 0.1) is 0 Å². The molecule has 12 heavy (non-hydrogen) atoms. The molecule has 0 spiro atoms. The van der Waals surface area contributed by atoms with Gasteiger partial charge in [-0.1, -0.05) is 36.4 Å². The van der Waals surface area contributed by atoms with Crippen molar-refractivity contribution >= 4 is 0 Å². The molecule has 1 unspecified atom stereocenters. The Labute approximate surface area is 73.9 Å². The van der Waals surface area contributed by atoms with E-state index in [0.717, 1.165) is 0 Å². The Balaban J connectivity index is 2.36. The molecule has 0 saturated heterocycles. The molecule has 1 aliphatic carbocycles. The minimum Gasteiger partial charge on any atom is -0.0910 e. The van der Waals surface area contributed by atoms with E-state index in [4.69, 9.17) is 0 Å². The molecule has 0 N–H and O–H groups in total. The van der Waals surface area contributed by atoms with E-state index < -0.39 is 0 Å². The van der Waals surface area contributed by atoms with Gasteiger partial charge in [0.15, 0.2) is 0 Å². The third-order valence-corrected chi connectivity index (χ3v) is 2.60. The average molecular weight is 158 g/mol. The van der Waals surface area contributed by atoms with Gasteiger partial charge in [-0.3, -0.25) is 0 Å². The van der Waals surface area contributed by atoms with Crippen LogP contribution in [0.1, 0.15) is 30.4 Å². The summed E-state index contributed by atoms with van der Waals surface area (Å²) < 4.78 is 0. The van der Waals surface area contributed by atoms with E-state index in [9.17, 15) is 0 Å². The summed E-state index contributed by atoms with van der Waals surface area (Å²) in [7, 11) is 0. The van der Waals surface area contributed by atoms with Crippen molar-refractivity contribution in [2.75, 3.05) is 0 Å². The van der Waals surface area contributed by atoms with Crippen LogP contribution in [-0.2, 0) is 6.42 Å². The summed E-state index contributed by atoms with van der Waals surface area (Å²) >= 11 is 0. The lowest BCUT2D eigenvalue weighted by Crippen LogP contribution is -1.86. The Morgan fingerprint density at radius 3 is 3.00 bits per heavy atom. The van der Waals surface area contributed by atoms with Crippen LogP contribution in [0.3, 0.4) is 0 Å². The number of benzene rings is 1. The van der Waals surface area contributed by atoms with Crippen molar-refractivity contribution in [2.24, 2.45) is 0 Å². The molecule has 0 saturated carbocycles. The minimum absolute atomic E-state index is 0.686. The molecule has 0 radical (unpaired) electrons. The molecule has 2 rings (SSSR count). The van der Waals surface area contributed by atoms with Crippen LogP contribution in [0.2, 0.25) is 0 Å². The van der Waals surface area contributed by atoms with Gasteiger partial charge in [0.05, 0.1) is 0 Å². The van der Waals surface area contributed by atoms with Crippen molar-refractivity contribution < 1.29 is 0 Å². The largest absolute Gasteiger partial charge is 0.0910 e. The highest BCUT2D eigenvalue weighted by Gasteiger charge is 2.18. The van der Waals surface area contributed by atoms with E-state index in [1.807, 2.05) is 0 Å². The normalized spacial score (nSPS) is 21.6. The summed E-state index contributed by atoms with van der Waals surface area (Å²) in [6.07, 6.45) is 7.02. The molecule has 62 valence electrons. The van der Waals surface area contributed by atoms with Gasteiger partial charge in [0.2, 0.25) is 0 Å². The Bertz CT molecular complexity index is 297. The fourth-order valence-corrected chi connectivity index (χ4v) is 2.02. The van der Waals surface area contributed by atoms with Crippen LogP contribution < -0.4 is 0 Å². The fraction of sp³-hybridized carbons (Fsp3) is 0.333. The zero-order valence-electron chi connectivity index (χ0n) is 7.46. The molecule has 0 fully saturated rings. The third kappa shape index (κ3) is 1.18. The molecule has 0 bridgehead atoms. The summed E-state index contributed by atoms with van der Waals surface area (Å²) in [5.41, 5.74) is 3.08. The quantitative estimate of drug-likeness (QED) is 0.550. The molecule has 1 aliphatic rings. The first-order valence-corrected chi connectivity index (χ1v) is 4.62. The van der Waals surface area contributed by atoms with Gasteiger partial charge in [0, 0.05) is 5.92 Å². The van der Waals surface area contributed by atoms with Crippen molar-refractivity contribution in [3.63, 3.8) is 0 Å². The Hall–Kier alpha value is -1.04. The number of hydrogen-bond donors (Lipinski definition) is 0. The lowest BCUT2D eigenvalue weighted by atomic mass is 10.0. The lowest BCUT2D eigenvalue weighted by molar-refractivity contribution is 0.813. The Morgan fingerprint density at radius 1 is 1.33 bits per heavy atom.